The zero-order valence-corrected chi connectivity index (χ0v) is 6.94. The molecule has 0 bridgehead atoms. The largest absolute Gasteiger partial charge is 0.346 e. The highest BCUT2D eigenvalue weighted by atomic mass is 14.8. The fourth-order valence-corrected chi connectivity index (χ4v) is 0.558. The molecular weight excluding hydrogens is 110 g/mol. The molecule has 0 fully saturated rings. The first-order valence-corrected chi connectivity index (χ1v) is 3.59. The van der Waals surface area contributed by atoms with Crippen LogP contribution in [0.15, 0.2) is 11.6 Å². The van der Waals surface area contributed by atoms with Crippen LogP contribution in [0.5, 0.6) is 0 Å². The minimum atomic E-state index is 0.736. The van der Waals surface area contributed by atoms with Crippen molar-refractivity contribution >= 4 is 0 Å². The first-order chi connectivity index (χ1) is 4.16. The lowest BCUT2D eigenvalue weighted by Crippen LogP contribution is -2.85. The van der Waals surface area contributed by atoms with Crippen LogP contribution in [0.4, 0.5) is 0 Å². The Balaban J connectivity index is 3.37. The van der Waals surface area contributed by atoms with Crippen LogP contribution < -0.4 is 5.32 Å². The van der Waals surface area contributed by atoms with Gasteiger partial charge in [-0.2, -0.15) is 0 Å². The Morgan fingerprint density at radius 1 is 1.56 bits per heavy atom. The number of nitrogens with two attached hydrogens (primary N) is 1. The molecule has 0 spiro atoms. The maximum Gasteiger partial charge on any atom is 0.0863 e. The number of quaternary nitrogens is 1. The fraction of sp³-hybridized carbons (Fsp3) is 0.750. The van der Waals surface area contributed by atoms with Gasteiger partial charge in [0.05, 0.1) is 13.1 Å². The average molecular weight is 128 g/mol. The third kappa shape index (κ3) is 5.57. The second kappa shape index (κ2) is 4.57. The maximum absolute atomic E-state index is 2.28. The number of hydrogen-bond acceptors (Lipinski definition) is 0. The molecule has 0 aromatic rings. The summed E-state index contributed by atoms with van der Waals surface area (Å²) in [6.07, 6.45) is 3.48. The van der Waals surface area contributed by atoms with E-state index in [1.807, 2.05) is 0 Å². The molecule has 54 valence electrons. The van der Waals surface area contributed by atoms with Crippen molar-refractivity contribution in [2.24, 2.45) is 0 Å². The molecule has 0 aliphatic carbocycles. The summed E-state index contributed by atoms with van der Waals surface area (Å²) in [5.41, 5.74) is 1.42. The monoisotopic (exact) mass is 128 g/mol. The van der Waals surface area contributed by atoms with E-state index in [4.69, 9.17) is 0 Å². The van der Waals surface area contributed by atoms with Crippen LogP contribution in [0.3, 0.4) is 0 Å². The van der Waals surface area contributed by atoms with Crippen LogP contribution in [-0.2, 0) is 0 Å². The minimum Gasteiger partial charge on any atom is -0.346 e. The lowest BCUT2D eigenvalue weighted by atomic mass is 10.2. The second-order valence-electron chi connectivity index (χ2n) is 2.83. The summed E-state index contributed by atoms with van der Waals surface area (Å²) in [7, 11) is 2.11. The van der Waals surface area contributed by atoms with Gasteiger partial charge < -0.3 is 5.32 Å². The molecule has 0 radical (unpaired) electrons. The van der Waals surface area contributed by atoms with Gasteiger partial charge in [-0.3, -0.25) is 0 Å². The molecule has 0 heterocycles. The van der Waals surface area contributed by atoms with Crippen molar-refractivity contribution in [2.45, 2.75) is 33.2 Å². The van der Waals surface area contributed by atoms with Gasteiger partial charge in [0, 0.05) is 6.42 Å². The van der Waals surface area contributed by atoms with Crippen molar-refractivity contribution in [1.29, 1.82) is 0 Å². The lowest BCUT2D eigenvalue weighted by molar-refractivity contribution is -0.659. The van der Waals surface area contributed by atoms with E-state index in [1.165, 1.54) is 12.0 Å². The molecule has 2 N–H and O–H groups in total. The molecule has 0 amide bonds. The van der Waals surface area contributed by atoms with Crippen molar-refractivity contribution < 1.29 is 5.32 Å². The molecule has 9 heavy (non-hydrogen) atoms. The van der Waals surface area contributed by atoms with E-state index in [0.29, 0.717) is 0 Å². The predicted octanol–water partition coefficient (Wildman–Crippen LogP) is 0.924. The Hall–Kier alpha value is -0.300. The Labute approximate surface area is 58.2 Å². The molecule has 0 aliphatic heterocycles. The van der Waals surface area contributed by atoms with Crippen molar-refractivity contribution in [3.8, 4) is 0 Å². The van der Waals surface area contributed by atoms with E-state index in [0.717, 1.165) is 6.04 Å². The second-order valence-corrected chi connectivity index (χ2v) is 2.83. The molecule has 0 aromatic carbocycles. The summed E-state index contributed by atoms with van der Waals surface area (Å²) in [5.74, 6) is 0. The lowest BCUT2D eigenvalue weighted by Gasteiger charge is -2.01. The molecular formula is C8H18N+. The number of allylic oxidation sites excluding steroid dienone is 1. The van der Waals surface area contributed by atoms with Gasteiger partial charge in [-0.15, -0.1) is 0 Å². The van der Waals surface area contributed by atoms with Gasteiger partial charge in [-0.05, 0) is 20.8 Å². The average Bonchev–Trinajstić information content (AvgIpc) is 1.83. The van der Waals surface area contributed by atoms with Gasteiger partial charge in [0.15, 0.2) is 0 Å². The van der Waals surface area contributed by atoms with Gasteiger partial charge >= 0.3 is 0 Å². The quantitative estimate of drug-likeness (QED) is 0.544. The first-order valence-electron chi connectivity index (χ1n) is 3.59. The number of rotatable bonds is 3. The molecule has 0 saturated heterocycles. The van der Waals surface area contributed by atoms with Crippen molar-refractivity contribution in [3.63, 3.8) is 0 Å². The molecule has 0 saturated carbocycles. The van der Waals surface area contributed by atoms with Crippen LogP contribution >= 0.6 is 0 Å². The highest BCUT2D eigenvalue weighted by Gasteiger charge is 1.95. The Morgan fingerprint density at radius 3 is 2.44 bits per heavy atom. The zero-order chi connectivity index (χ0) is 7.28. The van der Waals surface area contributed by atoms with Gasteiger partial charge in [0.1, 0.15) is 0 Å². The molecule has 0 aliphatic rings. The fourth-order valence-electron chi connectivity index (χ4n) is 0.558. The summed E-state index contributed by atoms with van der Waals surface area (Å²) in [6.45, 7) is 6.52. The van der Waals surface area contributed by atoms with Gasteiger partial charge in [-0.1, -0.05) is 11.6 Å². The Bertz CT molecular complexity index is 90.7. The summed E-state index contributed by atoms with van der Waals surface area (Å²) in [4.78, 5) is 0. The van der Waals surface area contributed by atoms with E-state index in [2.05, 4.69) is 39.2 Å². The topological polar surface area (TPSA) is 16.6 Å². The zero-order valence-electron chi connectivity index (χ0n) is 6.94. The van der Waals surface area contributed by atoms with E-state index >= 15 is 0 Å². The van der Waals surface area contributed by atoms with Crippen LogP contribution in [0, 0.1) is 0 Å². The Morgan fingerprint density at radius 2 is 2.11 bits per heavy atom. The smallest absolute Gasteiger partial charge is 0.0863 e. The third-order valence-corrected chi connectivity index (χ3v) is 1.47. The highest BCUT2D eigenvalue weighted by Crippen LogP contribution is 1.93. The molecule has 1 unspecified atom stereocenters. The van der Waals surface area contributed by atoms with Crippen LogP contribution in [0.25, 0.3) is 0 Å². The molecule has 1 atom stereocenters. The van der Waals surface area contributed by atoms with Crippen molar-refractivity contribution in [2.75, 3.05) is 7.05 Å². The molecule has 1 nitrogen and oxygen atoms in total. The normalized spacial score (nSPS) is 12.9. The highest BCUT2D eigenvalue weighted by molar-refractivity contribution is 4.93. The van der Waals surface area contributed by atoms with Crippen LogP contribution in [-0.4, -0.2) is 13.1 Å². The van der Waals surface area contributed by atoms with E-state index < -0.39 is 0 Å². The Kier molecular flexibility index (Phi) is 4.41. The summed E-state index contributed by atoms with van der Waals surface area (Å²) < 4.78 is 0. The summed E-state index contributed by atoms with van der Waals surface area (Å²) in [5, 5.41) is 2.24. The van der Waals surface area contributed by atoms with Crippen molar-refractivity contribution in [3.05, 3.63) is 11.6 Å². The third-order valence-electron chi connectivity index (χ3n) is 1.47. The van der Waals surface area contributed by atoms with E-state index in [-0.39, 0.29) is 0 Å². The van der Waals surface area contributed by atoms with Gasteiger partial charge in [0.2, 0.25) is 0 Å². The SMILES string of the molecule is C[NH2+]C(C)CC=C(C)C. The van der Waals surface area contributed by atoms with Crippen LogP contribution in [0.1, 0.15) is 27.2 Å². The summed E-state index contributed by atoms with van der Waals surface area (Å²) >= 11 is 0. The molecule has 0 aromatic heterocycles. The molecule has 1 heteroatoms. The maximum atomic E-state index is 2.28. The standard InChI is InChI=1S/C8H17N/c1-7(2)5-6-8(3)9-4/h5,8-9H,6H2,1-4H3/p+1. The van der Waals surface area contributed by atoms with E-state index in [1.54, 1.807) is 0 Å². The minimum absolute atomic E-state index is 0.736. The van der Waals surface area contributed by atoms with Gasteiger partial charge in [0.25, 0.3) is 0 Å². The first kappa shape index (κ1) is 8.70. The van der Waals surface area contributed by atoms with Gasteiger partial charge in [-0.25, -0.2) is 0 Å². The number of hydrogen-bond donors (Lipinski definition) is 1. The molecule has 0 rings (SSSR count). The predicted molar refractivity (Wildman–Crippen MR) is 41.4 cm³/mol. The summed E-state index contributed by atoms with van der Waals surface area (Å²) in [6, 6.07) is 0.736. The van der Waals surface area contributed by atoms with E-state index in [9.17, 15) is 0 Å². The van der Waals surface area contributed by atoms with Crippen LogP contribution in [0.2, 0.25) is 0 Å². The van der Waals surface area contributed by atoms with Crippen molar-refractivity contribution in [1.82, 2.24) is 0 Å².